The Kier molecular flexibility index (Phi) is 19.8. The number of unbranched alkanes of at least 4 members (excludes halogenated alkanes) is 14. The summed E-state index contributed by atoms with van der Waals surface area (Å²) in [5.41, 5.74) is -2.88. The standard InChI is InChI=1S/C22H29F3O3S2.C21H30OS/c1-3-4-5-6-7-8-9-10-11-17-12-13-18-15-20(21(29-2)16-19(18)14-17)28-30(26,27)22(23,24)25;1-3-4-5-6-7-8-9-10-11-17-12-13-18-15-20(22)21(23-2)16-19(18)14-17/h12-16H,3-11H2,1-2H3;12-16,22H,3-11H2,1-2H3. The minimum atomic E-state index is -5.70. The number of benzene rings is 4. The average molecular weight is 793 g/mol. The van der Waals surface area contributed by atoms with Crippen molar-refractivity contribution in [3.05, 3.63) is 71.8 Å². The monoisotopic (exact) mass is 792 g/mol. The number of aromatic hydroxyl groups is 1. The number of fused-ring (bicyclic) bond motifs is 2. The SMILES string of the molecule is CCCCCCCCCCc1ccc2cc(O)c(SC)cc2c1.CCCCCCCCCCc1ccc2cc(OS(=O)(=O)C(F)(F)F)c(SC)cc2c1. The minimum Gasteiger partial charge on any atom is -0.507 e. The van der Waals surface area contributed by atoms with Gasteiger partial charge in [-0.25, -0.2) is 0 Å². The lowest BCUT2D eigenvalue weighted by Gasteiger charge is -2.13. The molecule has 1 N–H and O–H groups in total. The number of hydrogen-bond acceptors (Lipinski definition) is 6. The Hall–Kier alpha value is -2.56. The molecule has 4 aromatic rings. The molecule has 0 fully saturated rings. The molecule has 4 rings (SSSR count). The first-order valence-corrected chi connectivity index (χ1v) is 23.2. The second-order valence-electron chi connectivity index (χ2n) is 13.8. The zero-order chi connectivity index (χ0) is 38.7. The zero-order valence-electron chi connectivity index (χ0n) is 32.0. The smallest absolute Gasteiger partial charge is 0.507 e. The lowest BCUT2D eigenvalue weighted by Crippen LogP contribution is -2.28. The number of aryl methyl sites for hydroxylation is 2. The third-order valence-corrected chi connectivity index (χ3v) is 12.0. The molecule has 0 heterocycles. The van der Waals surface area contributed by atoms with Crippen molar-refractivity contribution in [3.63, 3.8) is 0 Å². The van der Waals surface area contributed by atoms with Crippen LogP contribution >= 0.6 is 23.5 Å². The van der Waals surface area contributed by atoms with Crippen LogP contribution in [0.15, 0.2) is 70.5 Å². The molecule has 0 bridgehead atoms. The van der Waals surface area contributed by atoms with E-state index in [0.29, 0.717) is 16.0 Å². The summed E-state index contributed by atoms with van der Waals surface area (Å²) in [4.78, 5) is 1.31. The van der Waals surface area contributed by atoms with E-state index in [1.807, 2.05) is 24.5 Å². The van der Waals surface area contributed by atoms with Crippen LogP contribution in [0.4, 0.5) is 13.2 Å². The maximum Gasteiger partial charge on any atom is 0.534 e. The first-order valence-electron chi connectivity index (χ1n) is 19.3. The molecule has 294 valence electrons. The summed E-state index contributed by atoms with van der Waals surface area (Å²) in [6.07, 6.45) is 26.7. The van der Waals surface area contributed by atoms with Gasteiger partial charge in [-0.3, -0.25) is 0 Å². The highest BCUT2D eigenvalue weighted by Crippen LogP contribution is 2.37. The van der Waals surface area contributed by atoms with Crippen molar-refractivity contribution >= 4 is 55.2 Å². The predicted molar refractivity (Wildman–Crippen MR) is 221 cm³/mol. The maximum absolute atomic E-state index is 12.7. The van der Waals surface area contributed by atoms with Crippen LogP contribution in [-0.2, 0) is 23.0 Å². The fraction of sp³-hybridized carbons (Fsp3) is 0.535. The van der Waals surface area contributed by atoms with E-state index in [4.69, 9.17) is 0 Å². The van der Waals surface area contributed by atoms with Crippen LogP contribution in [0.1, 0.15) is 128 Å². The van der Waals surface area contributed by atoms with Gasteiger partial charge in [0.2, 0.25) is 0 Å². The number of hydrogen-bond donors (Lipinski definition) is 1. The van der Waals surface area contributed by atoms with E-state index in [2.05, 4.69) is 42.3 Å². The number of halogens is 3. The summed E-state index contributed by atoms with van der Waals surface area (Å²) in [5, 5.41) is 13.8. The third kappa shape index (κ3) is 15.2. The summed E-state index contributed by atoms with van der Waals surface area (Å²) < 4.78 is 65.1. The Labute approximate surface area is 325 Å². The van der Waals surface area contributed by atoms with Crippen LogP contribution in [-0.4, -0.2) is 31.5 Å². The molecular weight excluding hydrogens is 734 g/mol. The molecule has 0 aliphatic rings. The van der Waals surface area contributed by atoms with Crippen molar-refractivity contribution in [3.8, 4) is 11.5 Å². The van der Waals surface area contributed by atoms with Crippen LogP contribution in [0, 0.1) is 0 Å². The Morgan fingerprint density at radius 3 is 1.42 bits per heavy atom. The van der Waals surface area contributed by atoms with Gasteiger partial charge in [-0.05, 0) is 95.1 Å². The Morgan fingerprint density at radius 2 is 0.981 bits per heavy atom. The molecule has 0 aliphatic carbocycles. The highest BCUT2D eigenvalue weighted by atomic mass is 32.2. The quantitative estimate of drug-likeness (QED) is 0.0370. The molecule has 0 radical (unpaired) electrons. The van der Waals surface area contributed by atoms with Crippen molar-refractivity contribution < 1.29 is 30.9 Å². The molecule has 10 heteroatoms. The van der Waals surface area contributed by atoms with Crippen LogP contribution in [0.5, 0.6) is 11.5 Å². The first-order chi connectivity index (χ1) is 25.4. The summed E-state index contributed by atoms with van der Waals surface area (Å²) >= 11 is 2.74. The van der Waals surface area contributed by atoms with Gasteiger partial charge in [0, 0.05) is 4.90 Å². The topological polar surface area (TPSA) is 63.6 Å². The highest BCUT2D eigenvalue weighted by Gasteiger charge is 2.48. The van der Waals surface area contributed by atoms with Crippen LogP contribution in [0.3, 0.4) is 0 Å². The van der Waals surface area contributed by atoms with Crippen LogP contribution < -0.4 is 4.18 Å². The molecular formula is C43H59F3O4S3. The molecule has 0 aliphatic heterocycles. The highest BCUT2D eigenvalue weighted by molar-refractivity contribution is 7.99. The van der Waals surface area contributed by atoms with E-state index in [1.165, 1.54) is 120 Å². The van der Waals surface area contributed by atoms with Gasteiger partial charge in [0.1, 0.15) is 5.75 Å². The predicted octanol–water partition coefficient (Wildman–Crippen LogP) is 14.4. The van der Waals surface area contributed by atoms with E-state index >= 15 is 0 Å². The first kappa shape index (κ1) is 44.8. The second kappa shape index (κ2) is 23.4. The molecule has 0 saturated carbocycles. The molecule has 0 spiro atoms. The maximum atomic E-state index is 12.7. The number of phenols is 1. The number of rotatable bonds is 22. The van der Waals surface area contributed by atoms with E-state index in [-0.39, 0.29) is 5.75 Å². The van der Waals surface area contributed by atoms with E-state index in [9.17, 15) is 26.7 Å². The summed E-state index contributed by atoms with van der Waals surface area (Å²) in [7, 11) is -5.70. The number of thioether (sulfide) groups is 2. The van der Waals surface area contributed by atoms with Gasteiger partial charge in [-0.1, -0.05) is 140 Å². The molecule has 0 saturated heterocycles. The van der Waals surface area contributed by atoms with Crippen molar-refractivity contribution in [2.45, 2.75) is 145 Å². The Bertz CT molecular complexity index is 1790. The molecule has 4 aromatic carbocycles. The number of alkyl halides is 3. The largest absolute Gasteiger partial charge is 0.534 e. The summed E-state index contributed by atoms with van der Waals surface area (Å²) in [6.45, 7) is 4.48. The second-order valence-corrected chi connectivity index (χ2v) is 17.1. The fourth-order valence-corrected chi connectivity index (χ4v) is 7.99. The number of phenolic OH excluding ortho intramolecular Hbond substituents is 1. The summed E-state index contributed by atoms with van der Waals surface area (Å²) in [5.74, 6) is 0.0870. The van der Waals surface area contributed by atoms with Gasteiger partial charge >= 0.3 is 15.6 Å². The van der Waals surface area contributed by atoms with Gasteiger partial charge in [-0.15, -0.1) is 23.5 Å². The lowest BCUT2D eigenvalue weighted by molar-refractivity contribution is -0.0500. The third-order valence-electron chi connectivity index (χ3n) is 9.51. The molecule has 0 unspecified atom stereocenters. The lowest BCUT2D eigenvalue weighted by atomic mass is 10.0. The molecule has 0 aromatic heterocycles. The van der Waals surface area contributed by atoms with Crippen molar-refractivity contribution in [1.29, 1.82) is 0 Å². The van der Waals surface area contributed by atoms with Gasteiger partial charge in [0.05, 0.1) is 4.90 Å². The van der Waals surface area contributed by atoms with Gasteiger partial charge in [-0.2, -0.15) is 21.6 Å². The molecule has 4 nitrogen and oxygen atoms in total. The normalized spacial score (nSPS) is 11.9. The molecule has 0 amide bonds. The van der Waals surface area contributed by atoms with Crippen LogP contribution in [0.2, 0.25) is 0 Å². The van der Waals surface area contributed by atoms with Gasteiger partial charge < -0.3 is 9.29 Å². The van der Waals surface area contributed by atoms with Gasteiger partial charge in [0.25, 0.3) is 0 Å². The Morgan fingerprint density at radius 1 is 0.566 bits per heavy atom. The van der Waals surface area contributed by atoms with Crippen molar-refractivity contribution in [2.75, 3.05) is 12.5 Å². The minimum absolute atomic E-state index is 0.303. The van der Waals surface area contributed by atoms with Crippen LogP contribution in [0.25, 0.3) is 21.5 Å². The van der Waals surface area contributed by atoms with E-state index < -0.39 is 15.6 Å². The summed E-state index contributed by atoms with van der Waals surface area (Å²) in [6, 6.07) is 19.4. The zero-order valence-corrected chi connectivity index (χ0v) is 34.5. The van der Waals surface area contributed by atoms with Crippen molar-refractivity contribution in [2.24, 2.45) is 0 Å². The molecule has 53 heavy (non-hydrogen) atoms. The Balaban J connectivity index is 0.000000295. The van der Waals surface area contributed by atoms with Crippen molar-refractivity contribution in [1.82, 2.24) is 0 Å². The van der Waals surface area contributed by atoms with Gasteiger partial charge in [0.15, 0.2) is 5.75 Å². The van der Waals surface area contributed by atoms with E-state index in [0.717, 1.165) is 45.8 Å². The van der Waals surface area contributed by atoms with E-state index in [1.54, 1.807) is 30.2 Å². The molecule has 0 atom stereocenters. The average Bonchev–Trinajstić information content (AvgIpc) is 3.13. The fourth-order valence-electron chi connectivity index (χ4n) is 6.41.